The van der Waals surface area contributed by atoms with Crippen molar-refractivity contribution < 1.29 is 28.2 Å². The van der Waals surface area contributed by atoms with Crippen LogP contribution in [0.1, 0.15) is 20.7 Å². The third kappa shape index (κ3) is 2.33. The minimum absolute atomic E-state index is 0.0419. The summed E-state index contributed by atoms with van der Waals surface area (Å²) in [6.07, 6.45) is 0. The highest BCUT2D eigenvalue weighted by molar-refractivity contribution is 8.14. The smallest absolute Gasteiger partial charge is 0.336 e. The van der Waals surface area contributed by atoms with Crippen LogP contribution in [0.5, 0.6) is 0 Å². The van der Waals surface area contributed by atoms with Gasteiger partial charge in [0.1, 0.15) is 0 Å². The molecule has 0 fully saturated rings. The first kappa shape index (κ1) is 14.3. The van der Waals surface area contributed by atoms with E-state index in [-0.39, 0.29) is 26.8 Å². The second kappa shape index (κ2) is 4.77. The lowest BCUT2D eigenvalue weighted by Crippen LogP contribution is -2.06. The maximum atomic E-state index is 11.5. The van der Waals surface area contributed by atoms with Gasteiger partial charge < -0.3 is 10.2 Å². The fourth-order valence-corrected chi connectivity index (χ4v) is 3.02. The molecule has 8 heteroatoms. The van der Waals surface area contributed by atoms with Gasteiger partial charge in [-0.1, -0.05) is 12.1 Å². The van der Waals surface area contributed by atoms with Crippen molar-refractivity contribution >= 4 is 42.4 Å². The van der Waals surface area contributed by atoms with Crippen LogP contribution in [-0.4, -0.2) is 30.6 Å². The van der Waals surface area contributed by atoms with Crippen LogP contribution in [0.4, 0.5) is 0 Å². The zero-order valence-electron chi connectivity index (χ0n) is 9.70. The fourth-order valence-electron chi connectivity index (χ4n) is 1.95. The molecule has 0 heterocycles. The molecule has 0 aliphatic heterocycles. The van der Waals surface area contributed by atoms with E-state index in [1.807, 2.05) is 0 Å². The Morgan fingerprint density at radius 3 is 2.00 bits per heavy atom. The van der Waals surface area contributed by atoms with Crippen molar-refractivity contribution in [3.8, 4) is 0 Å². The fraction of sp³-hybridized carbons (Fsp3) is 0. The molecule has 104 valence electrons. The van der Waals surface area contributed by atoms with Crippen LogP contribution in [0.25, 0.3) is 10.8 Å². The zero-order chi connectivity index (χ0) is 15.1. The van der Waals surface area contributed by atoms with Crippen LogP contribution in [0.15, 0.2) is 35.2 Å². The summed E-state index contributed by atoms with van der Waals surface area (Å²) in [6.45, 7) is 0. The van der Waals surface area contributed by atoms with E-state index in [9.17, 15) is 18.0 Å². The first-order valence-electron chi connectivity index (χ1n) is 5.20. The molecule has 2 aromatic rings. The van der Waals surface area contributed by atoms with Gasteiger partial charge in [0.2, 0.25) is 0 Å². The first-order chi connectivity index (χ1) is 9.23. The van der Waals surface area contributed by atoms with Gasteiger partial charge in [-0.05, 0) is 18.2 Å². The van der Waals surface area contributed by atoms with Crippen molar-refractivity contribution in [1.82, 2.24) is 0 Å². The van der Waals surface area contributed by atoms with Gasteiger partial charge in [-0.25, -0.2) is 18.0 Å². The van der Waals surface area contributed by atoms with Crippen LogP contribution in [-0.2, 0) is 9.05 Å². The highest BCUT2D eigenvalue weighted by Gasteiger charge is 2.22. The molecule has 0 amide bonds. The summed E-state index contributed by atoms with van der Waals surface area (Å²) in [5.74, 6) is -2.72. The Morgan fingerprint density at radius 2 is 1.50 bits per heavy atom. The van der Waals surface area contributed by atoms with Gasteiger partial charge in [-0.2, -0.15) is 0 Å². The summed E-state index contributed by atoms with van der Waals surface area (Å²) in [5.41, 5.74) is -0.607. The minimum Gasteiger partial charge on any atom is -0.478 e. The van der Waals surface area contributed by atoms with E-state index < -0.39 is 21.0 Å². The number of halogens is 1. The van der Waals surface area contributed by atoms with Gasteiger partial charge in [-0.15, -0.1) is 0 Å². The lowest BCUT2D eigenvalue weighted by atomic mass is 9.99. The second-order valence-corrected chi connectivity index (χ2v) is 6.42. The lowest BCUT2D eigenvalue weighted by Gasteiger charge is -2.09. The van der Waals surface area contributed by atoms with Crippen molar-refractivity contribution in [1.29, 1.82) is 0 Å². The Morgan fingerprint density at radius 1 is 0.950 bits per heavy atom. The maximum Gasteiger partial charge on any atom is 0.336 e. The van der Waals surface area contributed by atoms with E-state index in [1.54, 1.807) is 0 Å². The predicted molar refractivity (Wildman–Crippen MR) is 70.9 cm³/mol. The number of carboxylic acids is 2. The van der Waals surface area contributed by atoms with Gasteiger partial charge in [0.15, 0.2) is 0 Å². The van der Waals surface area contributed by atoms with Gasteiger partial charge >= 0.3 is 11.9 Å². The Kier molecular flexibility index (Phi) is 3.41. The van der Waals surface area contributed by atoms with Gasteiger partial charge in [0, 0.05) is 21.5 Å². The van der Waals surface area contributed by atoms with Crippen molar-refractivity contribution in [2.45, 2.75) is 4.90 Å². The largest absolute Gasteiger partial charge is 0.478 e. The van der Waals surface area contributed by atoms with Crippen LogP contribution < -0.4 is 0 Å². The third-order valence-electron chi connectivity index (χ3n) is 2.72. The lowest BCUT2D eigenvalue weighted by molar-refractivity contribution is 0.0695. The molecular formula is C12H7ClO6S. The number of aromatic carboxylic acids is 2. The highest BCUT2D eigenvalue weighted by Crippen LogP contribution is 2.31. The molecule has 20 heavy (non-hydrogen) atoms. The first-order valence-corrected chi connectivity index (χ1v) is 7.51. The summed E-state index contributed by atoms with van der Waals surface area (Å²) in [4.78, 5) is 22.0. The Balaban J connectivity index is 3.08. The standard InChI is InChI=1S/C12H7ClO6S/c13-20(18,19)9-5-4-8(12(16)17)10-6(9)2-1-3-7(10)11(14)15/h1-5H,(H,14,15)(H,16,17). The molecule has 2 N–H and O–H groups in total. The number of rotatable bonds is 3. The molecule has 0 saturated carbocycles. The van der Waals surface area contributed by atoms with E-state index in [0.717, 1.165) is 12.1 Å². The van der Waals surface area contributed by atoms with Gasteiger partial charge in [0.25, 0.3) is 9.05 Å². The highest BCUT2D eigenvalue weighted by atomic mass is 35.7. The number of hydrogen-bond donors (Lipinski definition) is 2. The second-order valence-electron chi connectivity index (χ2n) is 3.89. The molecular weight excluding hydrogens is 308 g/mol. The number of carboxylic acid groups (broad SMARTS) is 2. The molecule has 6 nitrogen and oxygen atoms in total. The monoisotopic (exact) mass is 314 g/mol. The molecule has 0 aliphatic carbocycles. The number of hydrogen-bond acceptors (Lipinski definition) is 4. The van der Waals surface area contributed by atoms with E-state index in [1.165, 1.54) is 18.2 Å². The zero-order valence-corrected chi connectivity index (χ0v) is 11.3. The van der Waals surface area contributed by atoms with E-state index in [2.05, 4.69) is 0 Å². The van der Waals surface area contributed by atoms with Gasteiger partial charge in [0.05, 0.1) is 16.0 Å². The molecule has 0 aromatic heterocycles. The van der Waals surface area contributed by atoms with Crippen molar-refractivity contribution in [3.63, 3.8) is 0 Å². The van der Waals surface area contributed by atoms with Gasteiger partial charge in [-0.3, -0.25) is 0 Å². The predicted octanol–water partition coefficient (Wildman–Crippen LogP) is 2.16. The molecule has 2 rings (SSSR count). The molecule has 0 spiro atoms. The van der Waals surface area contributed by atoms with Crippen molar-refractivity contribution in [3.05, 3.63) is 41.5 Å². The number of fused-ring (bicyclic) bond motifs is 1. The summed E-state index contributed by atoms with van der Waals surface area (Å²) < 4.78 is 23.0. The summed E-state index contributed by atoms with van der Waals surface area (Å²) >= 11 is 0. The quantitative estimate of drug-likeness (QED) is 0.840. The number of carbonyl (C=O) groups is 2. The van der Waals surface area contributed by atoms with E-state index in [0.29, 0.717) is 0 Å². The average molecular weight is 315 g/mol. The van der Waals surface area contributed by atoms with E-state index in [4.69, 9.17) is 20.9 Å². The Hall–Kier alpha value is -2.12. The van der Waals surface area contributed by atoms with E-state index >= 15 is 0 Å². The normalized spacial score (nSPS) is 11.4. The van der Waals surface area contributed by atoms with Crippen molar-refractivity contribution in [2.24, 2.45) is 0 Å². The molecule has 0 saturated heterocycles. The molecule has 0 bridgehead atoms. The molecule has 0 atom stereocenters. The molecule has 0 radical (unpaired) electrons. The SMILES string of the molecule is O=C(O)c1cccc2c(S(=O)(=O)Cl)ccc(C(=O)O)c12. The summed E-state index contributed by atoms with van der Waals surface area (Å²) in [6, 6.07) is 5.89. The topological polar surface area (TPSA) is 109 Å². The van der Waals surface area contributed by atoms with Crippen LogP contribution >= 0.6 is 10.7 Å². The van der Waals surface area contributed by atoms with Crippen LogP contribution in [0.2, 0.25) is 0 Å². The molecule has 0 unspecified atom stereocenters. The average Bonchev–Trinajstić information content (AvgIpc) is 2.34. The summed E-state index contributed by atoms with van der Waals surface area (Å²) in [5, 5.41) is 18.0. The Labute approximate surface area is 117 Å². The molecule has 0 aliphatic rings. The third-order valence-corrected chi connectivity index (χ3v) is 4.10. The van der Waals surface area contributed by atoms with Crippen LogP contribution in [0, 0.1) is 0 Å². The Bertz CT molecular complexity index is 820. The minimum atomic E-state index is -4.13. The van der Waals surface area contributed by atoms with Crippen LogP contribution in [0.3, 0.4) is 0 Å². The molecule has 2 aromatic carbocycles. The number of benzene rings is 2. The van der Waals surface area contributed by atoms with Crippen molar-refractivity contribution in [2.75, 3.05) is 0 Å². The maximum absolute atomic E-state index is 11.5. The summed E-state index contributed by atoms with van der Waals surface area (Å²) in [7, 11) is 1.15.